The molecule has 36 heavy (non-hydrogen) atoms. The zero-order valence-corrected chi connectivity index (χ0v) is 23.4. The lowest BCUT2D eigenvalue weighted by Gasteiger charge is -2.18. The third kappa shape index (κ3) is 8.01. The van der Waals surface area contributed by atoms with Crippen molar-refractivity contribution in [2.75, 3.05) is 13.2 Å². The second-order valence-electron chi connectivity index (χ2n) is 9.58. The molecule has 3 rings (SSSR count). The third-order valence-corrected chi connectivity index (χ3v) is 8.02. The van der Waals surface area contributed by atoms with E-state index in [1.807, 2.05) is 18.2 Å². The molecule has 0 N–H and O–H groups in total. The molecule has 198 valence electrons. The molecule has 0 radical (unpaired) electrons. The van der Waals surface area contributed by atoms with E-state index in [2.05, 4.69) is 19.9 Å². The van der Waals surface area contributed by atoms with Crippen molar-refractivity contribution in [3.05, 3.63) is 42.5 Å². The fourth-order valence-corrected chi connectivity index (χ4v) is 5.43. The van der Waals surface area contributed by atoms with Crippen LogP contribution in [0.1, 0.15) is 90.9 Å². The van der Waals surface area contributed by atoms with Crippen molar-refractivity contribution >= 4 is 41.3 Å². The number of ether oxygens (including phenoxy) is 2. The van der Waals surface area contributed by atoms with Crippen molar-refractivity contribution < 1.29 is 17.9 Å². The van der Waals surface area contributed by atoms with Gasteiger partial charge in [0.2, 0.25) is 0 Å². The van der Waals surface area contributed by atoms with E-state index in [0.717, 1.165) is 53.0 Å². The van der Waals surface area contributed by atoms with E-state index in [0.29, 0.717) is 19.0 Å². The molecule has 0 atom stereocenters. The zero-order chi connectivity index (χ0) is 25.8. The van der Waals surface area contributed by atoms with E-state index < -0.39 is 9.05 Å². The summed E-state index contributed by atoms with van der Waals surface area (Å²) in [7, 11) is 1.84. The van der Waals surface area contributed by atoms with Crippen LogP contribution in [0.3, 0.4) is 0 Å². The largest absolute Gasteiger partial charge is 0.492 e. The normalized spacial score (nSPS) is 11.9. The van der Waals surface area contributed by atoms with E-state index in [9.17, 15) is 8.42 Å². The molecular weight excluding hydrogens is 492 g/mol. The number of halogens is 1. The fourth-order valence-electron chi connectivity index (χ4n) is 4.65. The molecule has 0 fully saturated rings. The Morgan fingerprint density at radius 2 is 1.06 bits per heavy atom. The number of hydrogen-bond donors (Lipinski definition) is 0. The Morgan fingerprint density at radius 1 is 0.611 bits per heavy atom. The second-order valence-corrected chi connectivity index (χ2v) is 12.1. The Balaban J connectivity index is 1.90. The Labute approximate surface area is 221 Å². The summed E-state index contributed by atoms with van der Waals surface area (Å²) in [4.78, 5) is 0.0678. The van der Waals surface area contributed by atoms with Gasteiger partial charge in [0.05, 0.1) is 18.1 Å². The molecule has 0 aliphatic rings. The minimum absolute atomic E-state index is 0.0678. The van der Waals surface area contributed by atoms with Gasteiger partial charge in [-0.1, -0.05) is 102 Å². The lowest BCUT2D eigenvalue weighted by atomic mass is 10.0. The van der Waals surface area contributed by atoms with E-state index in [4.69, 9.17) is 20.2 Å². The highest BCUT2D eigenvalue weighted by Crippen LogP contribution is 2.44. The maximum absolute atomic E-state index is 12.1. The van der Waals surface area contributed by atoms with Gasteiger partial charge >= 0.3 is 0 Å². The summed E-state index contributed by atoms with van der Waals surface area (Å²) in [6, 6.07) is 13.0. The Kier molecular flexibility index (Phi) is 11.7. The summed E-state index contributed by atoms with van der Waals surface area (Å²) in [5.74, 6) is 1.47. The van der Waals surface area contributed by atoms with Gasteiger partial charge in [0.25, 0.3) is 9.05 Å². The minimum atomic E-state index is -3.87. The maximum atomic E-state index is 12.1. The monoisotopic (exact) mass is 532 g/mol. The van der Waals surface area contributed by atoms with Gasteiger partial charge < -0.3 is 9.47 Å². The van der Waals surface area contributed by atoms with Crippen LogP contribution in [-0.4, -0.2) is 21.6 Å². The number of rotatable bonds is 17. The fraction of sp³-hybridized carbons (Fsp3) is 0.533. The molecule has 3 aromatic rings. The van der Waals surface area contributed by atoms with Gasteiger partial charge in [-0.25, -0.2) is 8.42 Å². The van der Waals surface area contributed by atoms with Crippen molar-refractivity contribution in [2.45, 2.75) is 95.8 Å². The van der Waals surface area contributed by atoms with Crippen molar-refractivity contribution in [3.8, 4) is 11.5 Å². The van der Waals surface area contributed by atoms with Crippen LogP contribution >= 0.6 is 10.7 Å². The van der Waals surface area contributed by atoms with Crippen molar-refractivity contribution in [1.82, 2.24) is 0 Å². The SMILES string of the molecule is CCCCCCCCOc1c2ccccc2c(OCCCCCCCC)c2cc(S(=O)(=O)Cl)ccc12. The molecule has 0 bridgehead atoms. The van der Waals surface area contributed by atoms with Gasteiger partial charge in [-0.05, 0) is 31.0 Å². The standard InChI is InChI=1S/C30H41ClO4S/c1-3-5-7-9-11-15-21-34-29-25-17-13-14-18-26(25)30(35-22-16-12-10-8-6-4-2)28-23-24(36(31,32)33)19-20-27(28)29/h13-14,17-20,23H,3-12,15-16,21-22H2,1-2H3. The van der Waals surface area contributed by atoms with Crippen molar-refractivity contribution in [1.29, 1.82) is 0 Å². The van der Waals surface area contributed by atoms with Gasteiger partial charge in [0.1, 0.15) is 11.5 Å². The van der Waals surface area contributed by atoms with Gasteiger partial charge in [-0.15, -0.1) is 0 Å². The van der Waals surface area contributed by atoms with E-state index >= 15 is 0 Å². The maximum Gasteiger partial charge on any atom is 0.261 e. The molecule has 0 unspecified atom stereocenters. The third-order valence-electron chi connectivity index (χ3n) is 6.67. The first-order valence-corrected chi connectivity index (χ1v) is 16.0. The number of hydrogen-bond acceptors (Lipinski definition) is 4. The van der Waals surface area contributed by atoms with E-state index in [1.165, 1.54) is 51.4 Å². The van der Waals surface area contributed by atoms with Gasteiger partial charge in [-0.3, -0.25) is 0 Å². The molecule has 0 aliphatic carbocycles. The summed E-state index contributed by atoms with van der Waals surface area (Å²) >= 11 is 0. The topological polar surface area (TPSA) is 52.6 Å². The van der Waals surface area contributed by atoms with Gasteiger partial charge in [0, 0.05) is 32.2 Å². The summed E-state index contributed by atoms with van der Waals surface area (Å²) in [6.07, 6.45) is 14.2. The molecule has 0 aromatic heterocycles. The molecule has 4 nitrogen and oxygen atoms in total. The Morgan fingerprint density at radius 3 is 1.56 bits per heavy atom. The molecule has 0 saturated heterocycles. The van der Waals surface area contributed by atoms with Crippen LogP contribution in [0.4, 0.5) is 0 Å². The lowest BCUT2D eigenvalue weighted by molar-refractivity contribution is 0.306. The summed E-state index contributed by atoms with van der Waals surface area (Å²) in [6.45, 7) is 5.65. The van der Waals surface area contributed by atoms with Crippen LogP contribution in [0.5, 0.6) is 11.5 Å². The molecule has 0 aliphatic heterocycles. The molecule has 6 heteroatoms. The Bertz CT molecular complexity index is 1210. The predicted octanol–water partition coefficient (Wildman–Crippen LogP) is 9.40. The van der Waals surface area contributed by atoms with Crippen LogP contribution in [-0.2, 0) is 9.05 Å². The lowest BCUT2D eigenvalue weighted by Crippen LogP contribution is -2.03. The van der Waals surface area contributed by atoms with Crippen LogP contribution in [0, 0.1) is 0 Å². The van der Waals surface area contributed by atoms with Gasteiger partial charge in [-0.2, -0.15) is 0 Å². The molecule has 3 aromatic carbocycles. The predicted molar refractivity (Wildman–Crippen MR) is 152 cm³/mol. The van der Waals surface area contributed by atoms with Crippen LogP contribution in [0.2, 0.25) is 0 Å². The number of unbranched alkanes of at least 4 members (excludes halogenated alkanes) is 10. The quantitative estimate of drug-likeness (QED) is 0.0986. The number of benzene rings is 3. The van der Waals surface area contributed by atoms with Crippen molar-refractivity contribution in [3.63, 3.8) is 0 Å². The van der Waals surface area contributed by atoms with E-state index in [-0.39, 0.29) is 4.90 Å². The zero-order valence-electron chi connectivity index (χ0n) is 21.9. The van der Waals surface area contributed by atoms with E-state index in [1.54, 1.807) is 18.2 Å². The van der Waals surface area contributed by atoms with Crippen molar-refractivity contribution in [2.24, 2.45) is 0 Å². The van der Waals surface area contributed by atoms with Gasteiger partial charge in [0.15, 0.2) is 0 Å². The molecule has 0 spiro atoms. The first-order chi connectivity index (χ1) is 17.5. The highest BCUT2D eigenvalue weighted by molar-refractivity contribution is 8.13. The summed E-state index contributed by atoms with van der Waals surface area (Å²) < 4.78 is 37.0. The Hall–Kier alpha value is -1.98. The number of fused-ring (bicyclic) bond motifs is 2. The minimum Gasteiger partial charge on any atom is -0.492 e. The summed E-state index contributed by atoms with van der Waals surface area (Å²) in [5, 5.41) is 3.48. The van der Waals surface area contributed by atoms with Crippen LogP contribution < -0.4 is 9.47 Å². The average molecular weight is 533 g/mol. The highest BCUT2D eigenvalue weighted by atomic mass is 35.7. The second kappa shape index (κ2) is 14.7. The molecule has 0 saturated carbocycles. The first-order valence-electron chi connectivity index (χ1n) is 13.7. The first kappa shape index (κ1) is 28.6. The smallest absolute Gasteiger partial charge is 0.261 e. The van der Waals surface area contributed by atoms with Crippen LogP contribution in [0.15, 0.2) is 47.4 Å². The highest BCUT2D eigenvalue weighted by Gasteiger charge is 2.19. The molecular formula is C30H41ClO4S. The van der Waals surface area contributed by atoms with Crippen LogP contribution in [0.25, 0.3) is 21.5 Å². The summed E-state index contributed by atoms with van der Waals surface area (Å²) in [5.41, 5.74) is 0. The average Bonchev–Trinajstić information content (AvgIpc) is 2.87. The molecule has 0 amide bonds. The molecule has 0 heterocycles.